The summed E-state index contributed by atoms with van der Waals surface area (Å²) in [5.41, 5.74) is 1.13. The van der Waals surface area contributed by atoms with E-state index in [9.17, 15) is 5.11 Å². The molecule has 1 unspecified atom stereocenters. The SMILES string of the molecule is C=C[C@H]1CN2CC[C@H]1C[C@H]2[C@H](O)C1=c2cc(OC)ccc2=NCC1. The van der Waals surface area contributed by atoms with Gasteiger partial charge in [-0.25, -0.2) is 0 Å². The molecule has 3 fully saturated rings. The fourth-order valence-electron chi connectivity index (χ4n) is 4.71. The highest BCUT2D eigenvalue weighted by Crippen LogP contribution is 2.39. The van der Waals surface area contributed by atoms with Crippen LogP contribution in [0.5, 0.6) is 5.75 Å². The largest absolute Gasteiger partial charge is 0.497 e. The van der Waals surface area contributed by atoms with Gasteiger partial charge < -0.3 is 9.84 Å². The molecule has 4 heterocycles. The number of rotatable bonds is 4. The molecule has 0 saturated carbocycles. The van der Waals surface area contributed by atoms with E-state index in [2.05, 4.69) is 22.5 Å². The van der Waals surface area contributed by atoms with Crippen molar-refractivity contribution in [3.8, 4) is 5.75 Å². The molecule has 4 aliphatic rings. The van der Waals surface area contributed by atoms with Crippen molar-refractivity contribution < 1.29 is 9.84 Å². The first-order chi connectivity index (χ1) is 11.7. The normalized spacial score (nSPS) is 32.7. The predicted molar refractivity (Wildman–Crippen MR) is 94.4 cm³/mol. The summed E-state index contributed by atoms with van der Waals surface area (Å²) in [5, 5.41) is 13.3. The fraction of sp³-hybridized carbons (Fsp3) is 0.550. The van der Waals surface area contributed by atoms with Crippen molar-refractivity contribution in [1.29, 1.82) is 0 Å². The fourth-order valence-corrected chi connectivity index (χ4v) is 4.71. The molecule has 4 aliphatic heterocycles. The van der Waals surface area contributed by atoms with Crippen LogP contribution in [0.1, 0.15) is 19.3 Å². The molecular weight excluding hydrogens is 300 g/mol. The number of aliphatic hydroxyl groups excluding tert-OH is 1. The van der Waals surface area contributed by atoms with Gasteiger partial charge in [-0.2, -0.15) is 0 Å². The van der Waals surface area contributed by atoms with E-state index < -0.39 is 6.10 Å². The number of aliphatic hydroxyl groups is 1. The second-order valence-corrected chi connectivity index (χ2v) is 7.23. The topological polar surface area (TPSA) is 45.1 Å². The standard InChI is InChI=1S/C20H26N2O2/c1-3-13-12-22-9-7-14(13)10-19(22)20(23)16-6-8-21-18-5-4-15(24-2)11-17(16)18/h3-5,11,13-14,19-20,23H,1,6-10,12H2,2H3/t13-,14-,19-,20+/m0/s1. The Morgan fingerprint density at radius 3 is 3.04 bits per heavy atom. The molecule has 3 saturated heterocycles. The third kappa shape index (κ3) is 2.58. The zero-order valence-corrected chi connectivity index (χ0v) is 14.3. The van der Waals surface area contributed by atoms with Crippen LogP contribution in [-0.2, 0) is 0 Å². The first-order valence-corrected chi connectivity index (χ1v) is 8.97. The van der Waals surface area contributed by atoms with Crippen molar-refractivity contribution >= 4 is 5.57 Å². The van der Waals surface area contributed by atoms with Gasteiger partial charge in [0.05, 0.1) is 18.6 Å². The smallest absolute Gasteiger partial charge is 0.119 e. The molecule has 5 rings (SSSR count). The van der Waals surface area contributed by atoms with Crippen LogP contribution >= 0.6 is 0 Å². The average Bonchev–Trinajstić information content (AvgIpc) is 2.66. The molecule has 1 aromatic carbocycles. The molecule has 2 bridgehead atoms. The second-order valence-electron chi connectivity index (χ2n) is 7.23. The van der Waals surface area contributed by atoms with Crippen molar-refractivity contribution in [1.82, 2.24) is 4.90 Å². The summed E-state index contributed by atoms with van der Waals surface area (Å²) in [6, 6.07) is 6.20. The number of ether oxygens (including phenoxy) is 1. The van der Waals surface area contributed by atoms with Gasteiger partial charge in [-0.15, -0.1) is 6.58 Å². The van der Waals surface area contributed by atoms with Gasteiger partial charge in [0.2, 0.25) is 0 Å². The lowest BCUT2D eigenvalue weighted by atomic mass is 9.73. The van der Waals surface area contributed by atoms with Gasteiger partial charge in [-0.1, -0.05) is 6.08 Å². The number of fused-ring (bicyclic) bond motifs is 4. The lowest BCUT2D eigenvalue weighted by Crippen LogP contribution is -2.58. The molecule has 4 nitrogen and oxygen atoms in total. The Kier molecular flexibility index (Phi) is 4.19. The van der Waals surface area contributed by atoms with E-state index in [0.29, 0.717) is 11.8 Å². The number of nitrogens with zero attached hydrogens (tertiary/aromatic N) is 2. The second kappa shape index (κ2) is 6.34. The zero-order valence-electron chi connectivity index (χ0n) is 14.3. The lowest BCUT2D eigenvalue weighted by molar-refractivity contribution is -0.0265. The lowest BCUT2D eigenvalue weighted by Gasteiger charge is -2.51. The van der Waals surface area contributed by atoms with Crippen LogP contribution in [0, 0.1) is 11.8 Å². The van der Waals surface area contributed by atoms with Crippen molar-refractivity contribution in [2.24, 2.45) is 16.8 Å². The molecule has 24 heavy (non-hydrogen) atoms. The van der Waals surface area contributed by atoms with E-state index in [0.717, 1.165) is 54.4 Å². The minimum absolute atomic E-state index is 0.229. The Morgan fingerprint density at radius 1 is 1.46 bits per heavy atom. The third-order valence-electron chi connectivity index (χ3n) is 6.09. The van der Waals surface area contributed by atoms with E-state index in [1.165, 1.54) is 6.42 Å². The molecule has 5 atom stereocenters. The Labute approximate surface area is 143 Å². The molecular formula is C20H26N2O2. The van der Waals surface area contributed by atoms with Crippen molar-refractivity contribution in [3.05, 3.63) is 41.4 Å². The third-order valence-corrected chi connectivity index (χ3v) is 6.09. The molecule has 1 aromatic rings. The van der Waals surface area contributed by atoms with Gasteiger partial charge >= 0.3 is 0 Å². The van der Waals surface area contributed by atoms with Crippen LogP contribution in [0.3, 0.4) is 0 Å². The Bertz CT molecular complexity index is 757. The quantitative estimate of drug-likeness (QED) is 0.844. The highest BCUT2D eigenvalue weighted by molar-refractivity contribution is 5.52. The summed E-state index contributed by atoms with van der Waals surface area (Å²) >= 11 is 0. The van der Waals surface area contributed by atoms with E-state index >= 15 is 0 Å². The molecule has 0 spiro atoms. The number of piperidine rings is 3. The summed E-state index contributed by atoms with van der Waals surface area (Å²) in [6.45, 7) is 6.89. The molecule has 0 aromatic heterocycles. The summed E-state index contributed by atoms with van der Waals surface area (Å²) in [5.74, 6) is 2.08. The minimum atomic E-state index is -0.417. The average molecular weight is 326 g/mol. The molecule has 0 amide bonds. The van der Waals surface area contributed by atoms with Crippen LogP contribution in [0.25, 0.3) is 5.57 Å². The molecule has 4 heteroatoms. The minimum Gasteiger partial charge on any atom is -0.497 e. The van der Waals surface area contributed by atoms with E-state index in [-0.39, 0.29) is 6.04 Å². The number of methoxy groups -OCH3 is 1. The van der Waals surface area contributed by atoms with Crippen molar-refractivity contribution in [2.45, 2.75) is 31.4 Å². The van der Waals surface area contributed by atoms with Gasteiger partial charge in [0.25, 0.3) is 0 Å². The monoisotopic (exact) mass is 326 g/mol. The van der Waals surface area contributed by atoms with Crippen LogP contribution in [0.2, 0.25) is 0 Å². The molecule has 1 N–H and O–H groups in total. The van der Waals surface area contributed by atoms with Gasteiger partial charge in [0.1, 0.15) is 5.75 Å². The highest BCUT2D eigenvalue weighted by atomic mass is 16.5. The maximum Gasteiger partial charge on any atom is 0.119 e. The summed E-state index contributed by atoms with van der Waals surface area (Å²) < 4.78 is 5.37. The van der Waals surface area contributed by atoms with Gasteiger partial charge in [-0.05, 0) is 61.4 Å². The van der Waals surface area contributed by atoms with E-state index in [1.807, 2.05) is 18.2 Å². The van der Waals surface area contributed by atoms with Crippen LogP contribution in [0.4, 0.5) is 0 Å². The molecule has 0 radical (unpaired) electrons. The van der Waals surface area contributed by atoms with Gasteiger partial charge in [0, 0.05) is 24.4 Å². The maximum atomic E-state index is 11.2. The van der Waals surface area contributed by atoms with E-state index in [4.69, 9.17) is 4.74 Å². The van der Waals surface area contributed by atoms with Gasteiger partial charge in [-0.3, -0.25) is 9.89 Å². The zero-order chi connectivity index (χ0) is 16.7. The van der Waals surface area contributed by atoms with Crippen LogP contribution in [0.15, 0.2) is 35.8 Å². The summed E-state index contributed by atoms with van der Waals surface area (Å²) in [4.78, 5) is 7.07. The molecule has 128 valence electrons. The molecule has 0 aliphatic carbocycles. The first-order valence-electron chi connectivity index (χ1n) is 8.97. The van der Waals surface area contributed by atoms with Crippen molar-refractivity contribution in [2.75, 3.05) is 26.7 Å². The van der Waals surface area contributed by atoms with Crippen molar-refractivity contribution in [3.63, 3.8) is 0 Å². The van der Waals surface area contributed by atoms with Crippen LogP contribution in [-0.4, -0.2) is 48.9 Å². The van der Waals surface area contributed by atoms with Gasteiger partial charge in [0.15, 0.2) is 0 Å². The number of benzene rings is 1. The highest BCUT2D eigenvalue weighted by Gasteiger charge is 2.42. The number of hydrogen-bond donors (Lipinski definition) is 1. The predicted octanol–water partition coefficient (Wildman–Crippen LogP) is 1.13. The Balaban J connectivity index is 1.70. The van der Waals surface area contributed by atoms with Crippen LogP contribution < -0.4 is 15.3 Å². The summed E-state index contributed by atoms with van der Waals surface area (Å²) in [6.07, 6.45) is 4.82. The van der Waals surface area contributed by atoms with E-state index in [1.54, 1.807) is 7.11 Å². The number of hydrogen-bond acceptors (Lipinski definition) is 4. The Hall–Kier alpha value is -1.65. The maximum absolute atomic E-state index is 11.2. The first kappa shape index (κ1) is 15.9. The Morgan fingerprint density at radius 2 is 2.33 bits per heavy atom. The summed E-state index contributed by atoms with van der Waals surface area (Å²) in [7, 11) is 1.68.